The first-order valence-corrected chi connectivity index (χ1v) is 6.65. The van der Waals surface area contributed by atoms with Crippen LogP contribution in [0.1, 0.15) is 44.9 Å². The van der Waals surface area contributed by atoms with Crippen LogP contribution in [0.3, 0.4) is 0 Å². The highest BCUT2D eigenvalue weighted by Gasteiger charge is 2.47. The van der Waals surface area contributed by atoms with Gasteiger partial charge in [0.25, 0.3) is 0 Å². The normalized spacial score (nSPS) is 31.6. The summed E-state index contributed by atoms with van der Waals surface area (Å²) in [4.78, 5) is 11.4. The molecule has 1 heterocycles. The van der Waals surface area contributed by atoms with Crippen LogP contribution >= 0.6 is 11.8 Å². The van der Waals surface area contributed by atoms with Gasteiger partial charge in [-0.05, 0) is 31.4 Å². The lowest BCUT2D eigenvalue weighted by Crippen LogP contribution is -2.41. The third kappa shape index (κ3) is 1.67. The summed E-state index contributed by atoms with van der Waals surface area (Å²) in [6.07, 6.45) is 7.63. The number of hydrogen-bond donors (Lipinski definition) is 1. The summed E-state index contributed by atoms with van der Waals surface area (Å²) in [5.74, 6) is 0.635. The average Bonchev–Trinajstić information content (AvgIpc) is 2.72. The van der Waals surface area contributed by atoms with Crippen LogP contribution in [-0.4, -0.2) is 22.1 Å². The zero-order valence-corrected chi connectivity index (χ0v) is 9.31. The van der Waals surface area contributed by atoms with Crippen LogP contribution < -0.4 is 0 Å². The molecule has 1 aliphatic heterocycles. The summed E-state index contributed by atoms with van der Waals surface area (Å²) in [5, 5.41) is 9.84. The molecule has 1 aliphatic carbocycles. The number of hydrogen-bond acceptors (Lipinski definition) is 2. The minimum absolute atomic E-state index is 0.362. The van der Waals surface area contributed by atoms with Crippen LogP contribution in [0.15, 0.2) is 0 Å². The molecule has 1 saturated heterocycles. The van der Waals surface area contributed by atoms with Crippen molar-refractivity contribution < 1.29 is 9.90 Å². The Balaban J connectivity index is 2.15. The zero-order valence-electron chi connectivity index (χ0n) is 8.50. The molecule has 0 aromatic heterocycles. The van der Waals surface area contributed by atoms with Crippen molar-refractivity contribution in [3.63, 3.8) is 0 Å². The molecular formula is C11H18O2S. The van der Waals surface area contributed by atoms with Crippen molar-refractivity contribution in [1.29, 1.82) is 0 Å². The van der Waals surface area contributed by atoms with Gasteiger partial charge in [-0.25, -0.2) is 0 Å². The second-order valence-corrected chi connectivity index (χ2v) is 5.83. The molecule has 0 spiro atoms. The molecule has 1 atom stereocenters. The molecule has 0 aromatic rings. The highest BCUT2D eigenvalue weighted by molar-refractivity contribution is 8.00. The molecule has 2 fully saturated rings. The standard InChI is InChI=1S/C11H18O2S/c12-10(13)11(6-2-1-3-7-11)9-5-4-8-14-9/h9H,1-8H2,(H,12,13). The van der Waals surface area contributed by atoms with E-state index < -0.39 is 5.97 Å². The van der Waals surface area contributed by atoms with Crippen LogP contribution in [0.5, 0.6) is 0 Å². The van der Waals surface area contributed by atoms with Gasteiger partial charge in [0, 0.05) is 5.25 Å². The minimum Gasteiger partial charge on any atom is -0.481 e. The van der Waals surface area contributed by atoms with E-state index >= 15 is 0 Å². The number of thioether (sulfide) groups is 1. The SMILES string of the molecule is O=C(O)C1(C2CCCS2)CCCCC1. The lowest BCUT2D eigenvalue weighted by atomic mass is 9.70. The quantitative estimate of drug-likeness (QED) is 0.768. The van der Waals surface area contributed by atoms with E-state index in [1.54, 1.807) is 0 Å². The zero-order chi connectivity index (χ0) is 10.0. The maximum absolute atomic E-state index is 11.4. The topological polar surface area (TPSA) is 37.3 Å². The Morgan fingerprint density at radius 3 is 2.43 bits per heavy atom. The van der Waals surface area contributed by atoms with Crippen molar-refractivity contribution in [3.8, 4) is 0 Å². The molecule has 14 heavy (non-hydrogen) atoms. The van der Waals surface area contributed by atoms with E-state index in [4.69, 9.17) is 0 Å². The van der Waals surface area contributed by atoms with Gasteiger partial charge in [0.15, 0.2) is 0 Å². The summed E-state index contributed by atoms with van der Waals surface area (Å²) < 4.78 is 0. The number of carbonyl (C=O) groups is 1. The van der Waals surface area contributed by atoms with E-state index in [0.717, 1.165) is 32.1 Å². The van der Waals surface area contributed by atoms with Gasteiger partial charge >= 0.3 is 5.97 Å². The van der Waals surface area contributed by atoms with E-state index in [0.29, 0.717) is 5.25 Å². The van der Waals surface area contributed by atoms with Gasteiger partial charge in [-0.2, -0.15) is 11.8 Å². The highest BCUT2D eigenvalue weighted by Crippen LogP contribution is 2.48. The molecule has 1 unspecified atom stereocenters. The maximum Gasteiger partial charge on any atom is 0.310 e. The maximum atomic E-state index is 11.4. The summed E-state index contributed by atoms with van der Waals surface area (Å²) >= 11 is 1.90. The largest absolute Gasteiger partial charge is 0.481 e. The van der Waals surface area contributed by atoms with E-state index in [9.17, 15) is 9.90 Å². The highest BCUT2D eigenvalue weighted by atomic mass is 32.2. The lowest BCUT2D eigenvalue weighted by molar-refractivity contribution is -0.151. The molecule has 0 aromatic carbocycles. The van der Waals surface area contributed by atoms with E-state index in [-0.39, 0.29) is 5.41 Å². The fourth-order valence-corrected chi connectivity index (χ4v) is 4.48. The Kier molecular flexibility index (Phi) is 3.05. The first-order chi connectivity index (χ1) is 6.76. The van der Waals surface area contributed by atoms with Gasteiger partial charge in [0.1, 0.15) is 0 Å². The van der Waals surface area contributed by atoms with Crippen LogP contribution in [0, 0.1) is 5.41 Å². The van der Waals surface area contributed by atoms with Crippen molar-refractivity contribution in [2.45, 2.75) is 50.2 Å². The van der Waals surface area contributed by atoms with Crippen molar-refractivity contribution >= 4 is 17.7 Å². The summed E-state index contributed by atoms with van der Waals surface area (Å²) in [6, 6.07) is 0. The molecule has 0 amide bonds. The molecule has 0 bridgehead atoms. The molecule has 2 aliphatic rings. The second-order valence-electron chi connectivity index (χ2n) is 4.52. The van der Waals surface area contributed by atoms with Crippen molar-refractivity contribution in [2.24, 2.45) is 5.41 Å². The third-order valence-corrected chi connectivity index (χ3v) is 5.33. The van der Waals surface area contributed by atoms with Gasteiger partial charge < -0.3 is 5.11 Å². The monoisotopic (exact) mass is 214 g/mol. The predicted molar refractivity (Wildman–Crippen MR) is 58.6 cm³/mol. The Morgan fingerprint density at radius 1 is 1.21 bits per heavy atom. The summed E-state index contributed by atoms with van der Waals surface area (Å²) in [5.41, 5.74) is -0.362. The second kappa shape index (κ2) is 4.13. The molecule has 2 rings (SSSR count). The van der Waals surface area contributed by atoms with Crippen LogP contribution in [0.25, 0.3) is 0 Å². The van der Waals surface area contributed by atoms with Crippen LogP contribution in [0.2, 0.25) is 0 Å². The fraction of sp³-hybridized carbons (Fsp3) is 0.909. The van der Waals surface area contributed by atoms with E-state index in [1.807, 2.05) is 11.8 Å². The molecule has 1 N–H and O–H groups in total. The van der Waals surface area contributed by atoms with Crippen molar-refractivity contribution in [2.75, 3.05) is 5.75 Å². The Labute approximate surface area is 89.5 Å². The van der Waals surface area contributed by atoms with Gasteiger partial charge in [-0.3, -0.25) is 4.79 Å². The molecular weight excluding hydrogens is 196 g/mol. The van der Waals surface area contributed by atoms with Crippen LogP contribution in [-0.2, 0) is 4.79 Å². The summed E-state index contributed by atoms with van der Waals surface area (Å²) in [7, 11) is 0. The molecule has 0 radical (unpaired) electrons. The van der Waals surface area contributed by atoms with E-state index in [1.165, 1.54) is 18.6 Å². The predicted octanol–water partition coefficient (Wildman–Crippen LogP) is 2.92. The van der Waals surface area contributed by atoms with E-state index in [2.05, 4.69) is 0 Å². The van der Waals surface area contributed by atoms with Crippen LogP contribution in [0.4, 0.5) is 0 Å². The number of aliphatic carboxylic acids is 1. The average molecular weight is 214 g/mol. The fourth-order valence-electron chi connectivity index (χ4n) is 2.87. The van der Waals surface area contributed by atoms with Gasteiger partial charge in [-0.15, -0.1) is 0 Å². The first-order valence-electron chi connectivity index (χ1n) is 5.61. The molecule has 1 saturated carbocycles. The number of carboxylic acids is 1. The summed E-state index contributed by atoms with van der Waals surface area (Å²) in [6.45, 7) is 0. The Bertz CT molecular complexity index is 215. The minimum atomic E-state index is -0.531. The third-order valence-electron chi connectivity index (χ3n) is 3.72. The smallest absolute Gasteiger partial charge is 0.310 e. The lowest BCUT2D eigenvalue weighted by Gasteiger charge is -2.37. The van der Waals surface area contributed by atoms with Gasteiger partial charge in [0.2, 0.25) is 0 Å². The Hall–Kier alpha value is -0.180. The molecule has 2 nitrogen and oxygen atoms in total. The number of rotatable bonds is 2. The Morgan fingerprint density at radius 2 is 1.93 bits per heavy atom. The van der Waals surface area contributed by atoms with Gasteiger partial charge in [-0.1, -0.05) is 19.3 Å². The number of carboxylic acid groups (broad SMARTS) is 1. The van der Waals surface area contributed by atoms with Gasteiger partial charge in [0.05, 0.1) is 5.41 Å². The molecule has 3 heteroatoms. The van der Waals surface area contributed by atoms with Crippen molar-refractivity contribution in [1.82, 2.24) is 0 Å². The van der Waals surface area contributed by atoms with Crippen molar-refractivity contribution in [3.05, 3.63) is 0 Å². The molecule has 80 valence electrons. The first kappa shape index (κ1) is 10.3.